The molecular weight excluding hydrogens is 219 g/mol. The van der Waals surface area contributed by atoms with Gasteiger partial charge in [0.05, 0.1) is 6.42 Å². The Balaban J connectivity index is 2.63. The zero-order valence-electron chi connectivity index (χ0n) is 6.67. The second kappa shape index (κ2) is 3.87. The van der Waals surface area contributed by atoms with Crippen molar-refractivity contribution in [1.29, 1.82) is 0 Å². The van der Waals surface area contributed by atoms with E-state index >= 15 is 0 Å². The smallest absolute Gasteiger partial charge is 0.291 e. The lowest BCUT2D eigenvalue weighted by Crippen LogP contribution is -2.25. The van der Waals surface area contributed by atoms with Crippen molar-refractivity contribution >= 4 is 22.9 Å². The molecule has 0 N–H and O–H groups in total. The van der Waals surface area contributed by atoms with E-state index in [0.717, 1.165) is 11.3 Å². The van der Waals surface area contributed by atoms with E-state index in [1.165, 1.54) is 11.6 Å². The zero-order valence-corrected chi connectivity index (χ0v) is 7.48. The average molecular weight is 223 g/mol. The first-order chi connectivity index (χ1) is 6.41. The largest absolute Gasteiger partial charge is 0.450 e. The summed E-state index contributed by atoms with van der Waals surface area (Å²) in [5.41, 5.74) is 0. The highest BCUT2D eigenvalue weighted by Crippen LogP contribution is 2.19. The van der Waals surface area contributed by atoms with Crippen LogP contribution in [-0.4, -0.2) is 22.7 Å². The highest BCUT2D eigenvalue weighted by Gasteiger charge is 2.39. The predicted octanol–water partition coefficient (Wildman–Crippen LogP) is 1.85. The number of hydrogen-bond donors (Lipinski definition) is 0. The van der Waals surface area contributed by atoms with Crippen LogP contribution in [0.5, 0.6) is 0 Å². The second-order valence-corrected chi connectivity index (χ2v) is 3.25. The molecule has 1 heterocycles. The van der Waals surface area contributed by atoms with Gasteiger partial charge in [-0.3, -0.25) is 9.59 Å². The fourth-order valence-corrected chi connectivity index (χ4v) is 1.26. The van der Waals surface area contributed by atoms with E-state index < -0.39 is 24.2 Å². The first kappa shape index (κ1) is 10.8. The number of hydrogen-bond acceptors (Lipinski definition) is 4. The fourth-order valence-electron chi connectivity index (χ4n) is 0.683. The van der Waals surface area contributed by atoms with Gasteiger partial charge in [0.1, 0.15) is 0 Å². The number of rotatable bonds is 3. The van der Waals surface area contributed by atoms with Crippen molar-refractivity contribution in [2.75, 3.05) is 0 Å². The third kappa shape index (κ3) is 2.63. The summed E-state index contributed by atoms with van der Waals surface area (Å²) in [6.07, 6.45) is -4.83. The molecule has 0 aromatic carbocycles. The van der Waals surface area contributed by atoms with Crippen LogP contribution in [0.25, 0.3) is 0 Å². The molecular formula is C7H4F3NO2S. The number of alkyl halides is 3. The Hall–Kier alpha value is -1.24. The molecule has 7 heteroatoms. The highest BCUT2D eigenvalue weighted by atomic mass is 32.1. The second-order valence-electron chi connectivity index (χ2n) is 2.36. The van der Waals surface area contributed by atoms with Crippen LogP contribution in [0.3, 0.4) is 0 Å². The lowest BCUT2D eigenvalue weighted by molar-refractivity contribution is -0.170. The van der Waals surface area contributed by atoms with E-state index in [1.807, 2.05) is 0 Å². The van der Waals surface area contributed by atoms with Gasteiger partial charge in [-0.2, -0.15) is 13.2 Å². The quantitative estimate of drug-likeness (QED) is 0.580. The molecule has 1 rings (SSSR count). The molecule has 0 atom stereocenters. The Morgan fingerprint density at radius 3 is 2.50 bits per heavy atom. The number of halogens is 3. The lowest BCUT2D eigenvalue weighted by Gasteiger charge is -2.02. The van der Waals surface area contributed by atoms with Crippen molar-refractivity contribution in [3.63, 3.8) is 0 Å². The van der Waals surface area contributed by atoms with E-state index in [9.17, 15) is 22.8 Å². The summed E-state index contributed by atoms with van der Waals surface area (Å²) in [4.78, 5) is 24.9. The first-order valence-corrected chi connectivity index (χ1v) is 4.32. The summed E-state index contributed by atoms with van der Waals surface area (Å²) in [5, 5.41) is 1.37. The Kier molecular flexibility index (Phi) is 3.00. The van der Waals surface area contributed by atoms with Gasteiger partial charge in [-0.05, 0) is 0 Å². The summed E-state index contributed by atoms with van der Waals surface area (Å²) < 4.78 is 35.2. The van der Waals surface area contributed by atoms with Gasteiger partial charge in [0.15, 0.2) is 10.8 Å². The van der Waals surface area contributed by atoms with Crippen molar-refractivity contribution in [2.24, 2.45) is 0 Å². The average Bonchev–Trinajstić information content (AvgIpc) is 2.53. The van der Waals surface area contributed by atoms with Crippen LogP contribution in [-0.2, 0) is 4.79 Å². The third-order valence-electron chi connectivity index (χ3n) is 1.31. The molecule has 0 bridgehead atoms. The van der Waals surface area contributed by atoms with E-state index in [1.54, 1.807) is 0 Å². The van der Waals surface area contributed by atoms with Crippen LogP contribution < -0.4 is 0 Å². The molecule has 0 amide bonds. The van der Waals surface area contributed by atoms with Gasteiger partial charge in [-0.15, -0.1) is 11.3 Å². The molecule has 0 aliphatic carbocycles. The van der Waals surface area contributed by atoms with Gasteiger partial charge < -0.3 is 0 Å². The maximum atomic E-state index is 11.7. The minimum atomic E-state index is -4.95. The topological polar surface area (TPSA) is 47.0 Å². The van der Waals surface area contributed by atoms with Crippen LogP contribution in [0.15, 0.2) is 11.6 Å². The van der Waals surface area contributed by atoms with Gasteiger partial charge in [-0.25, -0.2) is 4.98 Å². The molecule has 0 unspecified atom stereocenters. The molecule has 1 aromatic heterocycles. The monoisotopic (exact) mass is 223 g/mol. The van der Waals surface area contributed by atoms with Crippen LogP contribution >= 0.6 is 11.3 Å². The van der Waals surface area contributed by atoms with Crippen molar-refractivity contribution in [1.82, 2.24) is 4.98 Å². The molecule has 0 fully saturated rings. The normalized spacial score (nSPS) is 11.4. The molecule has 0 aliphatic heterocycles. The van der Waals surface area contributed by atoms with Gasteiger partial charge in [-0.1, -0.05) is 0 Å². The lowest BCUT2D eigenvalue weighted by atomic mass is 10.2. The van der Waals surface area contributed by atoms with Crippen molar-refractivity contribution in [2.45, 2.75) is 12.6 Å². The molecule has 0 saturated heterocycles. The number of carbonyl (C=O) groups is 2. The molecule has 0 aliphatic rings. The minimum Gasteiger partial charge on any atom is -0.291 e. The molecule has 14 heavy (non-hydrogen) atoms. The Bertz CT molecular complexity index is 344. The predicted molar refractivity (Wildman–Crippen MR) is 42.1 cm³/mol. The summed E-state index contributed by atoms with van der Waals surface area (Å²) in [6, 6.07) is 0. The number of aromatic nitrogens is 1. The van der Waals surface area contributed by atoms with Crippen molar-refractivity contribution in [3.05, 3.63) is 16.6 Å². The first-order valence-electron chi connectivity index (χ1n) is 3.44. The number of thiazole rings is 1. The van der Waals surface area contributed by atoms with Crippen molar-refractivity contribution in [3.8, 4) is 0 Å². The third-order valence-corrected chi connectivity index (χ3v) is 2.12. The standard InChI is InChI=1S/C7H4F3NO2S/c8-7(9,10)5(13)3-4(12)6-11-1-2-14-6/h1-2H,3H2. The molecule has 76 valence electrons. The van der Waals surface area contributed by atoms with Gasteiger partial charge in [0.2, 0.25) is 5.78 Å². The van der Waals surface area contributed by atoms with Gasteiger partial charge >= 0.3 is 6.18 Å². The number of Topliss-reactive ketones (excluding diaryl/α,β-unsaturated/α-hetero) is 2. The zero-order chi connectivity index (χ0) is 10.8. The molecule has 3 nitrogen and oxygen atoms in total. The van der Waals surface area contributed by atoms with E-state index in [2.05, 4.69) is 4.98 Å². The van der Waals surface area contributed by atoms with Crippen molar-refractivity contribution < 1.29 is 22.8 Å². The fraction of sp³-hybridized carbons (Fsp3) is 0.286. The molecule has 1 aromatic rings. The molecule has 0 radical (unpaired) electrons. The highest BCUT2D eigenvalue weighted by molar-refractivity contribution is 7.11. The van der Waals surface area contributed by atoms with Crippen LogP contribution in [0.4, 0.5) is 13.2 Å². The Morgan fingerprint density at radius 2 is 2.07 bits per heavy atom. The maximum absolute atomic E-state index is 11.7. The van der Waals surface area contributed by atoms with Crippen LogP contribution in [0, 0.1) is 0 Å². The summed E-state index contributed by atoms with van der Waals surface area (Å²) in [6.45, 7) is 0. The summed E-state index contributed by atoms with van der Waals surface area (Å²) >= 11 is 0.903. The van der Waals surface area contributed by atoms with Gasteiger partial charge in [0, 0.05) is 11.6 Å². The Labute approximate surface area is 80.6 Å². The Morgan fingerprint density at radius 1 is 1.43 bits per heavy atom. The number of nitrogens with zero attached hydrogens (tertiary/aromatic N) is 1. The minimum absolute atomic E-state index is 0.0809. The summed E-state index contributed by atoms with van der Waals surface area (Å²) in [7, 11) is 0. The van der Waals surface area contributed by atoms with Crippen LogP contribution in [0.2, 0.25) is 0 Å². The maximum Gasteiger partial charge on any atom is 0.450 e. The van der Waals surface area contributed by atoms with E-state index in [-0.39, 0.29) is 5.01 Å². The van der Waals surface area contributed by atoms with Crippen LogP contribution in [0.1, 0.15) is 16.2 Å². The molecule has 0 saturated carbocycles. The van der Waals surface area contributed by atoms with E-state index in [4.69, 9.17) is 0 Å². The SMILES string of the molecule is O=C(CC(=O)C(F)(F)F)c1nccs1. The number of carbonyl (C=O) groups excluding carboxylic acids is 2. The molecule has 0 spiro atoms. The summed E-state index contributed by atoms with van der Waals surface area (Å²) in [5.74, 6) is -2.94. The van der Waals surface area contributed by atoms with E-state index in [0.29, 0.717) is 0 Å². The van der Waals surface area contributed by atoms with Gasteiger partial charge in [0.25, 0.3) is 0 Å². The number of ketones is 2.